The molecule has 2 aliphatic heterocycles. The molecule has 2 aliphatic rings. The maximum absolute atomic E-state index is 12.5. The van der Waals surface area contributed by atoms with Crippen molar-refractivity contribution < 1.29 is 9.53 Å². The third-order valence-corrected chi connectivity index (χ3v) is 3.84. The first-order chi connectivity index (χ1) is 10.7. The van der Waals surface area contributed by atoms with Crippen LogP contribution in [0.15, 0.2) is 29.3 Å². The second kappa shape index (κ2) is 6.79. The number of guanidine groups is 1. The van der Waals surface area contributed by atoms with Crippen LogP contribution in [0.1, 0.15) is 22.8 Å². The second-order valence-corrected chi connectivity index (χ2v) is 5.69. The summed E-state index contributed by atoms with van der Waals surface area (Å²) >= 11 is 0. The summed E-state index contributed by atoms with van der Waals surface area (Å²) in [5.74, 6) is 0.910. The summed E-state index contributed by atoms with van der Waals surface area (Å²) in [4.78, 5) is 18.7. The average molecular weight is 302 g/mol. The normalized spacial score (nSPS) is 21.2. The van der Waals surface area contributed by atoms with Crippen molar-refractivity contribution in [2.24, 2.45) is 4.99 Å². The highest BCUT2D eigenvalue weighted by atomic mass is 16.5. The molecule has 0 aliphatic carbocycles. The molecule has 1 atom stereocenters. The van der Waals surface area contributed by atoms with E-state index in [4.69, 9.17) is 4.74 Å². The Labute approximate surface area is 130 Å². The lowest BCUT2D eigenvalue weighted by molar-refractivity contribution is 0.0303. The van der Waals surface area contributed by atoms with Crippen molar-refractivity contribution in [3.05, 3.63) is 35.4 Å². The number of hydrogen-bond acceptors (Lipinski definition) is 5. The lowest BCUT2D eigenvalue weighted by atomic mass is 10.1. The van der Waals surface area contributed by atoms with E-state index in [1.165, 1.54) is 0 Å². The Morgan fingerprint density at radius 2 is 2.27 bits per heavy atom. The Hall–Kier alpha value is -2.08. The second-order valence-electron chi connectivity index (χ2n) is 5.69. The number of nitrogens with zero attached hydrogens (tertiary/aromatic N) is 2. The summed E-state index contributed by atoms with van der Waals surface area (Å²) in [6.07, 6.45) is 0. The van der Waals surface area contributed by atoms with Crippen LogP contribution in [0.3, 0.4) is 0 Å². The molecule has 6 nitrogen and oxygen atoms in total. The van der Waals surface area contributed by atoms with Crippen LogP contribution < -0.4 is 10.6 Å². The van der Waals surface area contributed by atoms with Crippen molar-refractivity contribution in [1.82, 2.24) is 15.5 Å². The standard InChI is InChI=1S/C16H22N4O2/c1-12-10-17-16(19-12)18-11-13-3-2-4-14(9-13)15(21)20-5-7-22-8-6-20/h2-4,9,12H,5-8,10-11H2,1H3,(H2,17,18,19). The lowest BCUT2D eigenvalue weighted by Crippen LogP contribution is -2.40. The zero-order valence-corrected chi connectivity index (χ0v) is 12.8. The smallest absolute Gasteiger partial charge is 0.254 e. The molecule has 0 radical (unpaired) electrons. The number of morpholine rings is 1. The van der Waals surface area contributed by atoms with E-state index < -0.39 is 0 Å². The largest absolute Gasteiger partial charge is 0.378 e. The maximum Gasteiger partial charge on any atom is 0.254 e. The van der Waals surface area contributed by atoms with Gasteiger partial charge in [0, 0.05) is 31.2 Å². The van der Waals surface area contributed by atoms with E-state index in [-0.39, 0.29) is 5.91 Å². The summed E-state index contributed by atoms with van der Waals surface area (Å²) in [5.41, 5.74) is 1.80. The van der Waals surface area contributed by atoms with Gasteiger partial charge in [-0.3, -0.25) is 9.79 Å². The van der Waals surface area contributed by atoms with Crippen LogP contribution in [0.4, 0.5) is 0 Å². The fourth-order valence-electron chi connectivity index (χ4n) is 2.61. The molecule has 1 saturated heterocycles. The number of nitrogens with one attached hydrogen (secondary N) is 2. The number of carbonyl (C=O) groups excluding carboxylic acids is 1. The first kappa shape index (κ1) is 14.8. The molecule has 1 aromatic carbocycles. The Morgan fingerprint density at radius 3 is 3.00 bits per heavy atom. The minimum absolute atomic E-state index is 0.0788. The van der Waals surface area contributed by atoms with Crippen molar-refractivity contribution in [2.75, 3.05) is 32.8 Å². The molecule has 22 heavy (non-hydrogen) atoms. The monoisotopic (exact) mass is 302 g/mol. The van der Waals surface area contributed by atoms with Crippen LogP contribution in [0, 0.1) is 0 Å². The van der Waals surface area contributed by atoms with Gasteiger partial charge in [0.25, 0.3) is 5.91 Å². The van der Waals surface area contributed by atoms with E-state index in [1.807, 2.05) is 29.2 Å². The summed E-state index contributed by atoms with van der Waals surface area (Å²) < 4.78 is 5.29. The summed E-state index contributed by atoms with van der Waals surface area (Å²) in [7, 11) is 0. The molecular formula is C16H22N4O2. The molecule has 0 aromatic heterocycles. The van der Waals surface area contributed by atoms with Crippen LogP contribution in [0.25, 0.3) is 0 Å². The highest BCUT2D eigenvalue weighted by Gasteiger charge is 2.18. The van der Waals surface area contributed by atoms with Crippen LogP contribution in [0.2, 0.25) is 0 Å². The fraction of sp³-hybridized carbons (Fsp3) is 0.500. The predicted molar refractivity (Wildman–Crippen MR) is 84.9 cm³/mol. The Bertz CT molecular complexity index is 567. The molecule has 2 N–H and O–H groups in total. The third-order valence-electron chi connectivity index (χ3n) is 3.84. The predicted octanol–water partition coefficient (Wildman–Crippen LogP) is 0.596. The maximum atomic E-state index is 12.5. The quantitative estimate of drug-likeness (QED) is 0.858. The van der Waals surface area contributed by atoms with Gasteiger partial charge in [0.05, 0.1) is 19.8 Å². The Balaban J connectivity index is 1.60. The van der Waals surface area contributed by atoms with Crippen LogP contribution in [0.5, 0.6) is 0 Å². The van der Waals surface area contributed by atoms with Gasteiger partial charge in [0.2, 0.25) is 0 Å². The van der Waals surface area contributed by atoms with Gasteiger partial charge in [0.1, 0.15) is 0 Å². The van der Waals surface area contributed by atoms with Gasteiger partial charge < -0.3 is 20.3 Å². The number of amides is 1. The molecule has 1 aromatic rings. The van der Waals surface area contributed by atoms with Gasteiger partial charge in [-0.1, -0.05) is 12.1 Å². The number of rotatable bonds is 3. The van der Waals surface area contributed by atoms with Gasteiger partial charge in [-0.15, -0.1) is 0 Å². The molecule has 6 heteroatoms. The SMILES string of the molecule is CC1CN=C(NCc2cccc(C(=O)N3CCOCC3)c2)N1. The average Bonchev–Trinajstić information content (AvgIpc) is 2.99. The molecule has 1 fully saturated rings. The highest BCUT2D eigenvalue weighted by molar-refractivity contribution is 5.94. The van der Waals surface area contributed by atoms with E-state index in [1.54, 1.807) is 0 Å². The Morgan fingerprint density at radius 1 is 1.45 bits per heavy atom. The molecule has 0 bridgehead atoms. The molecule has 3 rings (SSSR count). The summed E-state index contributed by atoms with van der Waals surface area (Å²) in [6.45, 7) is 6.13. The number of aliphatic imine (C=N–C) groups is 1. The molecule has 118 valence electrons. The van der Waals surface area contributed by atoms with E-state index in [0.29, 0.717) is 38.9 Å². The van der Waals surface area contributed by atoms with Crippen molar-refractivity contribution in [1.29, 1.82) is 0 Å². The molecule has 0 spiro atoms. The first-order valence-electron chi connectivity index (χ1n) is 7.73. The summed E-state index contributed by atoms with van der Waals surface area (Å²) in [5, 5.41) is 6.53. The molecular weight excluding hydrogens is 280 g/mol. The summed E-state index contributed by atoms with van der Waals surface area (Å²) in [6, 6.07) is 8.15. The minimum Gasteiger partial charge on any atom is -0.378 e. The van der Waals surface area contributed by atoms with Crippen molar-refractivity contribution in [3.8, 4) is 0 Å². The topological polar surface area (TPSA) is 66.0 Å². The number of ether oxygens (including phenoxy) is 1. The number of benzene rings is 1. The van der Waals surface area contributed by atoms with Gasteiger partial charge >= 0.3 is 0 Å². The lowest BCUT2D eigenvalue weighted by Gasteiger charge is -2.27. The number of carbonyl (C=O) groups is 1. The van der Waals surface area contributed by atoms with Crippen LogP contribution in [-0.4, -0.2) is 55.7 Å². The van der Waals surface area contributed by atoms with Crippen molar-refractivity contribution in [2.45, 2.75) is 19.5 Å². The van der Waals surface area contributed by atoms with Crippen LogP contribution >= 0.6 is 0 Å². The molecule has 1 amide bonds. The van der Waals surface area contributed by atoms with E-state index in [0.717, 1.165) is 23.6 Å². The molecule has 2 heterocycles. The van der Waals surface area contributed by atoms with Gasteiger partial charge in [-0.2, -0.15) is 0 Å². The Kier molecular flexibility index (Phi) is 4.58. The van der Waals surface area contributed by atoms with Crippen molar-refractivity contribution >= 4 is 11.9 Å². The fourth-order valence-corrected chi connectivity index (χ4v) is 2.61. The first-order valence-corrected chi connectivity index (χ1v) is 7.73. The van der Waals surface area contributed by atoms with Crippen LogP contribution in [-0.2, 0) is 11.3 Å². The van der Waals surface area contributed by atoms with Crippen molar-refractivity contribution in [3.63, 3.8) is 0 Å². The van der Waals surface area contributed by atoms with Gasteiger partial charge in [-0.05, 0) is 24.6 Å². The van der Waals surface area contributed by atoms with E-state index in [9.17, 15) is 4.79 Å². The van der Waals surface area contributed by atoms with Gasteiger partial charge in [-0.25, -0.2) is 0 Å². The zero-order chi connectivity index (χ0) is 15.4. The van der Waals surface area contributed by atoms with E-state index >= 15 is 0 Å². The number of hydrogen-bond donors (Lipinski definition) is 2. The zero-order valence-electron chi connectivity index (χ0n) is 12.8. The molecule has 0 saturated carbocycles. The minimum atomic E-state index is 0.0788. The van der Waals surface area contributed by atoms with E-state index in [2.05, 4.69) is 22.5 Å². The van der Waals surface area contributed by atoms with Gasteiger partial charge in [0.15, 0.2) is 5.96 Å². The third kappa shape index (κ3) is 3.57. The highest BCUT2D eigenvalue weighted by Crippen LogP contribution is 2.10. The molecule has 1 unspecified atom stereocenters.